The molecular weight excluding hydrogens is 336 g/mol. The second-order valence-electron chi connectivity index (χ2n) is 5.93. The number of hydrogen-bond acceptors (Lipinski definition) is 6. The third kappa shape index (κ3) is 6.54. The number of carbonyl (C=O) groups excluding carboxylic acids is 2. The minimum atomic E-state index is -0.512. The molecule has 1 amide bonds. The standard InChI is InChI=1S/C18H24N4O4/c1-3-25-17(23)16-20-15(21-22-16)10-9-13(2)11-19-18(24)26-12-14-7-5-4-6-8-14/h4-8,13H,3,9-12H2,1-2H3,(H,19,24)(H,20,21,22). The molecule has 1 atom stereocenters. The number of nitrogens with zero attached hydrogens (tertiary/aromatic N) is 2. The van der Waals surface area contributed by atoms with Crippen LogP contribution >= 0.6 is 0 Å². The molecule has 2 N–H and O–H groups in total. The van der Waals surface area contributed by atoms with Gasteiger partial charge in [-0.05, 0) is 24.8 Å². The minimum Gasteiger partial charge on any atom is -0.460 e. The highest BCUT2D eigenvalue weighted by Crippen LogP contribution is 2.07. The van der Waals surface area contributed by atoms with Crippen LogP contribution in [0.3, 0.4) is 0 Å². The molecule has 0 saturated carbocycles. The summed E-state index contributed by atoms with van der Waals surface area (Å²) >= 11 is 0. The molecular formula is C18H24N4O4. The van der Waals surface area contributed by atoms with Crippen LogP contribution in [0.1, 0.15) is 42.3 Å². The molecule has 140 valence electrons. The van der Waals surface area contributed by atoms with E-state index in [0.717, 1.165) is 12.0 Å². The fourth-order valence-corrected chi connectivity index (χ4v) is 2.22. The maximum Gasteiger partial charge on any atom is 0.407 e. The smallest absolute Gasteiger partial charge is 0.407 e. The molecule has 1 aromatic heterocycles. The van der Waals surface area contributed by atoms with Gasteiger partial charge in [0.1, 0.15) is 12.4 Å². The highest BCUT2D eigenvalue weighted by molar-refractivity contribution is 5.84. The number of esters is 1. The zero-order valence-electron chi connectivity index (χ0n) is 15.0. The first-order chi connectivity index (χ1) is 12.6. The fourth-order valence-electron chi connectivity index (χ4n) is 2.22. The Kier molecular flexibility index (Phi) is 7.60. The summed E-state index contributed by atoms with van der Waals surface area (Å²) in [4.78, 5) is 26.1. The number of nitrogens with one attached hydrogen (secondary N) is 2. The Morgan fingerprint density at radius 2 is 1.96 bits per heavy atom. The van der Waals surface area contributed by atoms with Gasteiger partial charge in [-0.3, -0.25) is 0 Å². The number of ether oxygens (including phenoxy) is 2. The van der Waals surface area contributed by atoms with Crippen LogP contribution in [0.15, 0.2) is 30.3 Å². The Labute approximate surface area is 152 Å². The Morgan fingerprint density at radius 3 is 2.69 bits per heavy atom. The van der Waals surface area contributed by atoms with Gasteiger partial charge in [-0.2, -0.15) is 0 Å². The van der Waals surface area contributed by atoms with E-state index in [4.69, 9.17) is 9.47 Å². The van der Waals surface area contributed by atoms with E-state index >= 15 is 0 Å². The van der Waals surface area contributed by atoms with E-state index < -0.39 is 12.1 Å². The molecule has 0 aliphatic rings. The molecule has 0 aliphatic carbocycles. The van der Waals surface area contributed by atoms with Crippen molar-refractivity contribution in [1.29, 1.82) is 0 Å². The number of H-pyrrole nitrogens is 1. The molecule has 0 radical (unpaired) electrons. The molecule has 2 aromatic rings. The zero-order chi connectivity index (χ0) is 18.8. The van der Waals surface area contributed by atoms with Gasteiger partial charge < -0.3 is 19.8 Å². The summed E-state index contributed by atoms with van der Waals surface area (Å²) in [6.45, 7) is 4.77. The van der Waals surface area contributed by atoms with Crippen LogP contribution in [0.4, 0.5) is 4.79 Å². The minimum absolute atomic E-state index is 0.108. The monoisotopic (exact) mass is 360 g/mol. The lowest BCUT2D eigenvalue weighted by atomic mass is 10.1. The van der Waals surface area contributed by atoms with E-state index in [1.165, 1.54) is 0 Å². The lowest BCUT2D eigenvalue weighted by Gasteiger charge is -2.12. The van der Waals surface area contributed by atoms with Gasteiger partial charge in [-0.15, -0.1) is 10.2 Å². The number of aromatic amines is 1. The number of alkyl carbamates (subject to hydrolysis) is 1. The summed E-state index contributed by atoms with van der Waals surface area (Å²) in [6, 6.07) is 9.51. The third-order valence-corrected chi connectivity index (χ3v) is 3.68. The molecule has 8 nitrogen and oxygen atoms in total. The molecule has 8 heteroatoms. The van der Waals surface area contributed by atoms with Crippen molar-refractivity contribution in [2.45, 2.75) is 33.3 Å². The van der Waals surface area contributed by atoms with Crippen LogP contribution in [0.5, 0.6) is 0 Å². The number of aromatic nitrogens is 3. The summed E-state index contributed by atoms with van der Waals surface area (Å²) in [5.41, 5.74) is 0.943. The topological polar surface area (TPSA) is 106 Å². The third-order valence-electron chi connectivity index (χ3n) is 3.68. The number of carbonyl (C=O) groups is 2. The summed E-state index contributed by atoms with van der Waals surface area (Å²) < 4.78 is 10.0. The number of benzene rings is 1. The van der Waals surface area contributed by atoms with Gasteiger partial charge in [0, 0.05) is 13.0 Å². The van der Waals surface area contributed by atoms with Gasteiger partial charge in [0.05, 0.1) is 6.61 Å². The summed E-state index contributed by atoms with van der Waals surface area (Å²) in [5, 5.41) is 10.4. The van der Waals surface area contributed by atoms with E-state index in [-0.39, 0.29) is 25.0 Å². The average molecular weight is 360 g/mol. The van der Waals surface area contributed by atoms with Gasteiger partial charge in [0.25, 0.3) is 0 Å². The molecule has 0 saturated heterocycles. The number of aryl methyl sites for hydroxylation is 1. The molecule has 0 bridgehead atoms. The maximum atomic E-state index is 11.7. The highest BCUT2D eigenvalue weighted by Gasteiger charge is 2.13. The molecule has 26 heavy (non-hydrogen) atoms. The first kappa shape index (κ1) is 19.4. The van der Waals surface area contributed by atoms with Crippen molar-refractivity contribution < 1.29 is 19.1 Å². The molecule has 0 fully saturated rings. The van der Waals surface area contributed by atoms with Crippen molar-refractivity contribution in [1.82, 2.24) is 20.5 Å². The normalized spacial score (nSPS) is 11.6. The molecule has 1 aromatic carbocycles. The van der Waals surface area contributed by atoms with Crippen molar-refractivity contribution in [3.8, 4) is 0 Å². The summed E-state index contributed by atoms with van der Waals surface area (Å²) in [5.74, 6) is 0.432. The first-order valence-electron chi connectivity index (χ1n) is 8.61. The predicted molar refractivity (Wildman–Crippen MR) is 94.5 cm³/mol. The second-order valence-corrected chi connectivity index (χ2v) is 5.93. The van der Waals surface area contributed by atoms with Gasteiger partial charge in [0.2, 0.25) is 5.82 Å². The number of rotatable bonds is 9. The van der Waals surface area contributed by atoms with Crippen LogP contribution in [-0.4, -0.2) is 40.4 Å². The van der Waals surface area contributed by atoms with Crippen LogP contribution in [0.25, 0.3) is 0 Å². The summed E-state index contributed by atoms with van der Waals surface area (Å²) in [6.07, 6.45) is 0.954. The second kappa shape index (κ2) is 10.2. The number of hydrogen-bond donors (Lipinski definition) is 2. The van der Waals surface area contributed by atoms with Crippen molar-refractivity contribution >= 4 is 12.1 Å². The zero-order valence-corrected chi connectivity index (χ0v) is 15.0. The fraction of sp³-hybridized carbons (Fsp3) is 0.444. The van der Waals surface area contributed by atoms with E-state index in [2.05, 4.69) is 20.5 Å². The molecule has 0 spiro atoms. The average Bonchev–Trinajstić information content (AvgIpc) is 3.13. The van der Waals surface area contributed by atoms with Gasteiger partial charge in [0.15, 0.2) is 0 Å². The van der Waals surface area contributed by atoms with Gasteiger partial charge in [-0.1, -0.05) is 37.3 Å². The number of amides is 1. The molecule has 1 unspecified atom stereocenters. The molecule has 0 aliphatic heterocycles. The van der Waals surface area contributed by atoms with Crippen LogP contribution in [0, 0.1) is 5.92 Å². The quantitative estimate of drug-likeness (QED) is 0.666. The van der Waals surface area contributed by atoms with Crippen LogP contribution in [-0.2, 0) is 22.5 Å². The van der Waals surface area contributed by atoms with Gasteiger partial charge >= 0.3 is 12.1 Å². The van der Waals surface area contributed by atoms with E-state index in [9.17, 15) is 9.59 Å². The predicted octanol–water partition coefficient (Wildman–Crippen LogP) is 2.48. The highest BCUT2D eigenvalue weighted by atomic mass is 16.5. The van der Waals surface area contributed by atoms with E-state index in [1.54, 1.807) is 6.92 Å². The van der Waals surface area contributed by atoms with Gasteiger partial charge in [-0.25, -0.2) is 9.59 Å². The van der Waals surface area contributed by atoms with Crippen molar-refractivity contribution in [2.75, 3.05) is 13.2 Å². The molecule has 2 rings (SSSR count). The lowest BCUT2D eigenvalue weighted by Crippen LogP contribution is -2.29. The first-order valence-corrected chi connectivity index (χ1v) is 8.61. The SMILES string of the molecule is CCOC(=O)c1nnc(CCC(C)CNC(=O)OCc2ccccc2)[nH]1. The van der Waals surface area contributed by atoms with E-state index in [1.807, 2.05) is 37.3 Å². The Hall–Kier alpha value is -2.90. The Balaban J connectivity index is 1.64. The van der Waals surface area contributed by atoms with Crippen LogP contribution < -0.4 is 5.32 Å². The van der Waals surface area contributed by atoms with E-state index in [0.29, 0.717) is 18.8 Å². The van der Waals surface area contributed by atoms with Crippen molar-refractivity contribution in [2.24, 2.45) is 5.92 Å². The maximum absolute atomic E-state index is 11.7. The van der Waals surface area contributed by atoms with Crippen LogP contribution in [0.2, 0.25) is 0 Å². The Bertz CT molecular complexity index is 702. The Morgan fingerprint density at radius 1 is 1.19 bits per heavy atom. The summed E-state index contributed by atoms with van der Waals surface area (Å²) in [7, 11) is 0. The largest absolute Gasteiger partial charge is 0.460 e. The molecule has 1 heterocycles. The lowest BCUT2D eigenvalue weighted by molar-refractivity contribution is 0.0512. The van der Waals surface area contributed by atoms with Crippen molar-refractivity contribution in [3.63, 3.8) is 0 Å². The van der Waals surface area contributed by atoms with Crippen molar-refractivity contribution in [3.05, 3.63) is 47.5 Å².